The molecule has 0 rings (SSSR count). The fraction of sp³-hybridized carbons (Fsp3) is 0.600. The zero-order valence-corrected chi connectivity index (χ0v) is 13.5. The molecule has 0 saturated heterocycles. The summed E-state index contributed by atoms with van der Waals surface area (Å²) in [6.45, 7) is 9.89. The Morgan fingerprint density at radius 2 is 1.55 bits per heavy atom. The Morgan fingerprint density at radius 1 is 0.850 bits per heavy atom. The van der Waals surface area contributed by atoms with E-state index in [1.54, 1.807) is 0 Å². The van der Waals surface area contributed by atoms with Crippen LogP contribution in [-0.2, 0) is 0 Å². The molecule has 0 fully saturated rings. The number of rotatable bonds is 14. The number of hydrogen-bond acceptors (Lipinski definition) is 0. The van der Waals surface area contributed by atoms with E-state index >= 15 is 0 Å². The van der Waals surface area contributed by atoms with Gasteiger partial charge in [-0.2, -0.15) is 0 Å². The lowest BCUT2D eigenvalue weighted by molar-refractivity contribution is 0.609. The summed E-state index contributed by atoms with van der Waals surface area (Å²) in [4.78, 5) is 0. The van der Waals surface area contributed by atoms with Gasteiger partial charge in [0.15, 0.2) is 0 Å². The Labute approximate surface area is 127 Å². The van der Waals surface area contributed by atoms with Crippen LogP contribution in [0.15, 0.2) is 49.6 Å². The number of hydrogen-bond donors (Lipinski definition) is 0. The van der Waals surface area contributed by atoms with Crippen LogP contribution in [0.5, 0.6) is 0 Å². The van der Waals surface area contributed by atoms with E-state index in [9.17, 15) is 0 Å². The fourth-order valence-corrected chi connectivity index (χ4v) is 2.27. The minimum atomic E-state index is 0.548. The first-order chi connectivity index (χ1) is 9.85. The minimum absolute atomic E-state index is 0.548. The molecule has 0 aliphatic heterocycles. The van der Waals surface area contributed by atoms with Gasteiger partial charge < -0.3 is 0 Å². The number of allylic oxidation sites excluding steroid dienone is 6. The predicted molar refractivity (Wildman–Crippen MR) is 94.0 cm³/mol. The summed E-state index contributed by atoms with van der Waals surface area (Å²) in [5, 5.41) is 0. The second-order valence-corrected chi connectivity index (χ2v) is 5.48. The molecule has 0 aromatic heterocycles. The lowest BCUT2D eigenvalue weighted by atomic mass is 10.0. The van der Waals surface area contributed by atoms with Crippen LogP contribution in [0.1, 0.15) is 71.1 Å². The van der Waals surface area contributed by atoms with E-state index in [4.69, 9.17) is 0 Å². The van der Waals surface area contributed by atoms with Crippen molar-refractivity contribution in [3.05, 3.63) is 49.6 Å². The van der Waals surface area contributed by atoms with Crippen LogP contribution in [-0.4, -0.2) is 0 Å². The molecule has 0 radical (unpaired) electrons. The van der Waals surface area contributed by atoms with Gasteiger partial charge in [-0.3, -0.25) is 0 Å². The highest BCUT2D eigenvalue weighted by Gasteiger charge is 1.97. The molecule has 0 aromatic rings. The lowest BCUT2D eigenvalue weighted by Gasteiger charge is -2.05. The molecule has 0 aliphatic carbocycles. The molecule has 0 amide bonds. The second kappa shape index (κ2) is 16.0. The first-order valence-corrected chi connectivity index (χ1v) is 8.42. The van der Waals surface area contributed by atoms with E-state index in [-0.39, 0.29) is 0 Å². The van der Waals surface area contributed by atoms with E-state index in [2.05, 4.69) is 44.4 Å². The van der Waals surface area contributed by atoms with Crippen molar-refractivity contribution in [3.63, 3.8) is 0 Å². The second-order valence-electron chi connectivity index (χ2n) is 5.48. The maximum atomic E-state index is 3.94. The summed E-state index contributed by atoms with van der Waals surface area (Å²) in [6.07, 6.45) is 25.9. The smallest absolute Gasteiger partial charge is 0.00561 e. The van der Waals surface area contributed by atoms with Crippen LogP contribution < -0.4 is 0 Å². The van der Waals surface area contributed by atoms with Gasteiger partial charge in [0, 0.05) is 0 Å². The maximum absolute atomic E-state index is 3.94. The molecule has 0 N–H and O–H groups in total. The summed E-state index contributed by atoms with van der Waals surface area (Å²) in [5.74, 6) is 0.548. The van der Waals surface area contributed by atoms with Gasteiger partial charge in [-0.25, -0.2) is 0 Å². The maximum Gasteiger partial charge on any atom is -0.00561 e. The fourth-order valence-electron chi connectivity index (χ4n) is 2.27. The molecule has 114 valence electrons. The highest BCUT2D eigenvalue weighted by molar-refractivity contribution is 4.99. The zero-order chi connectivity index (χ0) is 14.9. The normalized spacial score (nSPS) is 13.1. The quantitative estimate of drug-likeness (QED) is 0.181. The minimum Gasteiger partial charge on any atom is -0.102 e. The Hall–Kier alpha value is -1.04. The Balaban J connectivity index is 3.55. The Morgan fingerprint density at radius 3 is 2.25 bits per heavy atom. The topological polar surface area (TPSA) is 0 Å². The van der Waals surface area contributed by atoms with Crippen molar-refractivity contribution in [2.75, 3.05) is 0 Å². The third kappa shape index (κ3) is 13.4. The van der Waals surface area contributed by atoms with Crippen molar-refractivity contribution in [2.24, 2.45) is 5.92 Å². The SMILES string of the molecule is C=CC=CCCCC(C=C)C=CCCCCCCCC. The molecule has 1 unspecified atom stereocenters. The molecular formula is C20H34. The number of unbranched alkanes of at least 4 members (excludes halogenated alkanes) is 7. The van der Waals surface area contributed by atoms with Gasteiger partial charge in [0.05, 0.1) is 0 Å². The van der Waals surface area contributed by atoms with E-state index in [0.717, 1.165) is 6.42 Å². The molecule has 1 atom stereocenters. The first-order valence-electron chi connectivity index (χ1n) is 8.42. The molecule has 0 bridgehead atoms. The molecule has 0 heteroatoms. The molecule has 0 saturated carbocycles. The van der Waals surface area contributed by atoms with Crippen LogP contribution >= 0.6 is 0 Å². The average Bonchev–Trinajstić information content (AvgIpc) is 2.47. The highest BCUT2D eigenvalue weighted by atomic mass is 14.0. The van der Waals surface area contributed by atoms with Crippen molar-refractivity contribution in [1.29, 1.82) is 0 Å². The summed E-state index contributed by atoms with van der Waals surface area (Å²) < 4.78 is 0. The molecule has 0 aromatic carbocycles. The molecular weight excluding hydrogens is 240 g/mol. The van der Waals surface area contributed by atoms with Gasteiger partial charge >= 0.3 is 0 Å². The largest absolute Gasteiger partial charge is 0.102 e. The summed E-state index contributed by atoms with van der Waals surface area (Å²) in [5.41, 5.74) is 0. The zero-order valence-electron chi connectivity index (χ0n) is 13.5. The molecule has 0 spiro atoms. The highest BCUT2D eigenvalue weighted by Crippen LogP contribution is 2.13. The van der Waals surface area contributed by atoms with Gasteiger partial charge in [0.1, 0.15) is 0 Å². The third-order valence-corrected chi connectivity index (χ3v) is 3.59. The van der Waals surface area contributed by atoms with Crippen LogP contribution in [0, 0.1) is 5.92 Å². The van der Waals surface area contributed by atoms with E-state index in [1.165, 1.54) is 57.8 Å². The van der Waals surface area contributed by atoms with Gasteiger partial charge in [-0.05, 0) is 38.0 Å². The molecule has 0 aliphatic rings. The van der Waals surface area contributed by atoms with Crippen molar-refractivity contribution in [1.82, 2.24) is 0 Å². The van der Waals surface area contributed by atoms with Gasteiger partial charge in [0.2, 0.25) is 0 Å². The lowest BCUT2D eigenvalue weighted by Crippen LogP contribution is -1.91. The van der Waals surface area contributed by atoms with Crippen LogP contribution in [0.2, 0.25) is 0 Å². The summed E-state index contributed by atoms with van der Waals surface area (Å²) >= 11 is 0. The Kier molecular flexibility index (Phi) is 15.2. The van der Waals surface area contributed by atoms with Gasteiger partial charge in [-0.15, -0.1) is 6.58 Å². The molecule has 20 heavy (non-hydrogen) atoms. The van der Waals surface area contributed by atoms with E-state index in [1.807, 2.05) is 12.2 Å². The van der Waals surface area contributed by atoms with Crippen molar-refractivity contribution < 1.29 is 0 Å². The Bertz CT molecular complexity index is 270. The van der Waals surface area contributed by atoms with E-state index < -0.39 is 0 Å². The monoisotopic (exact) mass is 274 g/mol. The van der Waals surface area contributed by atoms with Crippen molar-refractivity contribution >= 4 is 0 Å². The first kappa shape index (κ1) is 19.0. The van der Waals surface area contributed by atoms with Crippen molar-refractivity contribution in [2.45, 2.75) is 71.1 Å². The van der Waals surface area contributed by atoms with Crippen LogP contribution in [0.3, 0.4) is 0 Å². The van der Waals surface area contributed by atoms with E-state index in [0.29, 0.717) is 5.92 Å². The molecule has 0 heterocycles. The van der Waals surface area contributed by atoms with Crippen LogP contribution in [0.25, 0.3) is 0 Å². The van der Waals surface area contributed by atoms with Crippen LogP contribution in [0.4, 0.5) is 0 Å². The van der Waals surface area contributed by atoms with Gasteiger partial charge in [-0.1, -0.05) is 82.1 Å². The third-order valence-electron chi connectivity index (χ3n) is 3.59. The summed E-state index contributed by atoms with van der Waals surface area (Å²) in [7, 11) is 0. The van der Waals surface area contributed by atoms with Gasteiger partial charge in [0.25, 0.3) is 0 Å². The predicted octanol–water partition coefficient (Wildman–Crippen LogP) is 7.01. The molecule has 0 nitrogen and oxygen atoms in total. The summed E-state index contributed by atoms with van der Waals surface area (Å²) in [6, 6.07) is 0. The standard InChI is InChI=1S/C20H34/c1-4-7-9-11-12-13-15-17-19-20(6-3)18-16-14-10-8-5-2/h5-6,8,10,17,19-20H,2-4,7,9,11-16,18H2,1H3. The average molecular weight is 274 g/mol. The van der Waals surface area contributed by atoms with Crippen molar-refractivity contribution in [3.8, 4) is 0 Å².